The van der Waals surface area contributed by atoms with Crippen molar-refractivity contribution in [2.45, 2.75) is 127 Å². The van der Waals surface area contributed by atoms with Crippen molar-refractivity contribution < 1.29 is 63.2 Å². The number of halogens is 1. The van der Waals surface area contributed by atoms with Gasteiger partial charge in [-0.05, 0) is 75.5 Å². The number of hydrogen-bond acceptors (Lipinski definition) is 10. The first kappa shape index (κ1) is 49.0. The molecule has 0 bridgehead atoms. The van der Waals surface area contributed by atoms with Crippen LogP contribution in [0.15, 0.2) is 30.5 Å². The molecule has 1 unspecified atom stereocenters. The Hall–Kier alpha value is -6.15. The fraction of sp³-hybridized carbons (Fsp3) is 0.579. The SMILES string of the molecule is O=C(O)CC[C@H](NC(=O)N[C@@H](CCCCNC(=O)CCCCCCC(=O)NC(CCCCNC(=O)CCc1cn(Cc2ccc(F)cc2)nn1)C(=O)O)C(=O)O)C(=O)O. The summed E-state index contributed by atoms with van der Waals surface area (Å²) in [5.41, 5.74) is 1.50. The lowest BCUT2D eigenvalue weighted by Crippen LogP contribution is -2.51. The van der Waals surface area contributed by atoms with Crippen LogP contribution in [0.2, 0.25) is 0 Å². The molecule has 21 heteroatoms. The number of benzene rings is 1. The second kappa shape index (κ2) is 27.5. The zero-order valence-corrected chi connectivity index (χ0v) is 32.8. The van der Waals surface area contributed by atoms with E-state index in [4.69, 9.17) is 10.2 Å². The Bertz CT molecular complexity index is 1690. The van der Waals surface area contributed by atoms with Gasteiger partial charge in [0.15, 0.2) is 0 Å². The summed E-state index contributed by atoms with van der Waals surface area (Å²) >= 11 is 0. The molecule has 2 aromatic rings. The van der Waals surface area contributed by atoms with Crippen molar-refractivity contribution in [1.82, 2.24) is 41.6 Å². The average Bonchev–Trinajstić information content (AvgIpc) is 3.63. The highest BCUT2D eigenvalue weighted by molar-refractivity contribution is 5.86. The van der Waals surface area contributed by atoms with Gasteiger partial charge in [-0.25, -0.2) is 28.3 Å². The van der Waals surface area contributed by atoms with E-state index < -0.39 is 54.5 Å². The Kier molecular flexibility index (Phi) is 22.8. The molecule has 0 fully saturated rings. The second-order valence-corrected chi connectivity index (χ2v) is 13.9. The van der Waals surface area contributed by atoms with E-state index in [2.05, 4.69) is 36.9 Å². The van der Waals surface area contributed by atoms with Gasteiger partial charge in [0, 0.05) is 51.4 Å². The second-order valence-electron chi connectivity index (χ2n) is 13.9. The summed E-state index contributed by atoms with van der Waals surface area (Å²) < 4.78 is 14.7. The summed E-state index contributed by atoms with van der Waals surface area (Å²) in [5, 5.41) is 57.2. The van der Waals surface area contributed by atoms with Crippen LogP contribution in [0.4, 0.5) is 9.18 Å². The number of rotatable bonds is 31. The summed E-state index contributed by atoms with van der Waals surface area (Å²) in [4.78, 5) is 94.0. The normalized spacial score (nSPS) is 12.4. The number of unbranched alkanes of at least 4 members (excludes halogenated alkanes) is 5. The van der Waals surface area contributed by atoms with Crippen LogP contribution in [0.1, 0.15) is 108 Å². The van der Waals surface area contributed by atoms with Crippen molar-refractivity contribution in [2.75, 3.05) is 13.1 Å². The largest absolute Gasteiger partial charge is 0.481 e. The van der Waals surface area contributed by atoms with Crippen LogP contribution in [0.5, 0.6) is 0 Å². The van der Waals surface area contributed by atoms with Gasteiger partial charge in [0.05, 0.1) is 12.2 Å². The van der Waals surface area contributed by atoms with E-state index >= 15 is 0 Å². The van der Waals surface area contributed by atoms with E-state index in [0.717, 1.165) is 5.56 Å². The molecule has 0 spiro atoms. The molecule has 0 saturated carbocycles. The molecule has 5 amide bonds. The number of hydrogen-bond donors (Lipinski definition) is 9. The highest BCUT2D eigenvalue weighted by Gasteiger charge is 2.25. The average molecular weight is 835 g/mol. The molecular weight excluding hydrogens is 779 g/mol. The third-order valence-electron chi connectivity index (χ3n) is 8.98. The maximum absolute atomic E-state index is 13.1. The van der Waals surface area contributed by atoms with Crippen molar-refractivity contribution in [2.24, 2.45) is 0 Å². The fourth-order valence-corrected chi connectivity index (χ4v) is 5.72. The first-order valence-corrected chi connectivity index (χ1v) is 19.6. The van der Waals surface area contributed by atoms with Crippen LogP contribution in [0, 0.1) is 5.82 Å². The van der Waals surface area contributed by atoms with Crippen molar-refractivity contribution in [3.63, 3.8) is 0 Å². The number of carbonyl (C=O) groups is 8. The maximum Gasteiger partial charge on any atom is 0.326 e. The minimum atomic E-state index is -1.51. The Morgan fingerprint density at radius 1 is 0.593 bits per heavy atom. The number of amides is 5. The lowest BCUT2D eigenvalue weighted by Gasteiger charge is -2.18. The topological polar surface area (TPSA) is 308 Å². The van der Waals surface area contributed by atoms with E-state index in [-0.39, 0.29) is 68.6 Å². The van der Waals surface area contributed by atoms with Crippen molar-refractivity contribution in [3.05, 3.63) is 47.5 Å². The van der Waals surface area contributed by atoms with Gasteiger partial charge in [0.25, 0.3) is 0 Å². The minimum absolute atomic E-state index is 0.00428. The maximum atomic E-state index is 13.1. The molecule has 2 rings (SSSR count). The van der Waals surface area contributed by atoms with Gasteiger partial charge < -0.3 is 47.0 Å². The molecule has 0 aliphatic rings. The summed E-state index contributed by atoms with van der Waals surface area (Å²) in [7, 11) is 0. The van der Waals surface area contributed by atoms with Crippen LogP contribution in [0.3, 0.4) is 0 Å². The quantitative estimate of drug-likeness (QED) is 0.0491. The van der Waals surface area contributed by atoms with E-state index in [0.29, 0.717) is 76.6 Å². The van der Waals surface area contributed by atoms with E-state index in [1.54, 1.807) is 23.0 Å². The molecule has 0 aliphatic carbocycles. The van der Waals surface area contributed by atoms with Crippen LogP contribution in [0.25, 0.3) is 0 Å². The number of aromatic nitrogens is 3. The smallest absolute Gasteiger partial charge is 0.326 e. The molecule has 326 valence electrons. The lowest BCUT2D eigenvalue weighted by atomic mass is 10.1. The van der Waals surface area contributed by atoms with E-state index in [1.165, 1.54) is 12.1 Å². The third kappa shape index (κ3) is 22.4. The highest BCUT2D eigenvalue weighted by atomic mass is 19.1. The third-order valence-corrected chi connectivity index (χ3v) is 8.98. The summed E-state index contributed by atoms with van der Waals surface area (Å²) in [6.07, 6.45) is 6.09. The van der Waals surface area contributed by atoms with Gasteiger partial charge in [-0.15, -0.1) is 5.10 Å². The Morgan fingerprint density at radius 2 is 1.10 bits per heavy atom. The monoisotopic (exact) mass is 834 g/mol. The lowest BCUT2D eigenvalue weighted by molar-refractivity contribution is -0.142. The predicted molar refractivity (Wildman–Crippen MR) is 206 cm³/mol. The molecule has 1 heterocycles. The van der Waals surface area contributed by atoms with Gasteiger partial charge in [-0.2, -0.15) is 0 Å². The summed E-state index contributed by atoms with van der Waals surface area (Å²) in [6.45, 7) is 1.03. The first-order valence-electron chi connectivity index (χ1n) is 19.6. The van der Waals surface area contributed by atoms with Crippen molar-refractivity contribution in [1.29, 1.82) is 0 Å². The van der Waals surface area contributed by atoms with Gasteiger partial charge in [0.2, 0.25) is 17.7 Å². The molecule has 9 N–H and O–H groups in total. The van der Waals surface area contributed by atoms with Crippen molar-refractivity contribution >= 4 is 47.6 Å². The number of nitrogens with zero attached hydrogens (tertiary/aromatic N) is 3. The molecule has 3 atom stereocenters. The van der Waals surface area contributed by atoms with Gasteiger partial charge >= 0.3 is 29.9 Å². The van der Waals surface area contributed by atoms with Crippen LogP contribution < -0.4 is 26.6 Å². The number of aliphatic carboxylic acids is 4. The Balaban J connectivity index is 1.50. The van der Waals surface area contributed by atoms with E-state index in [1.807, 2.05) is 0 Å². The molecule has 0 radical (unpaired) electrons. The molecule has 1 aromatic carbocycles. The summed E-state index contributed by atoms with van der Waals surface area (Å²) in [6, 6.07) is 1.09. The van der Waals surface area contributed by atoms with Crippen LogP contribution in [-0.4, -0.2) is 114 Å². The van der Waals surface area contributed by atoms with Crippen molar-refractivity contribution in [3.8, 4) is 0 Å². The predicted octanol–water partition coefficient (Wildman–Crippen LogP) is 1.95. The Morgan fingerprint density at radius 3 is 1.64 bits per heavy atom. The molecule has 59 heavy (non-hydrogen) atoms. The molecule has 1 aromatic heterocycles. The first-order chi connectivity index (χ1) is 28.1. The molecular formula is C38H55FN8O12. The van der Waals surface area contributed by atoms with Gasteiger partial charge in [-0.1, -0.05) is 30.2 Å². The molecule has 0 aliphatic heterocycles. The number of carboxylic acid groups (broad SMARTS) is 4. The van der Waals surface area contributed by atoms with Crippen LogP contribution >= 0.6 is 0 Å². The van der Waals surface area contributed by atoms with E-state index in [9.17, 15) is 53.0 Å². The van der Waals surface area contributed by atoms with Gasteiger partial charge in [-0.3, -0.25) is 19.2 Å². The standard InChI is InChI=1S/C38H55FN8O12/c39-26-15-13-25(14-16-26)23-47-24-27(45-46-47)17-19-32(49)41-22-7-5-9-28(35(53)54)42-33(50)12-4-2-1-3-11-31(48)40-21-8-6-10-29(36(55)56)43-38(59)44-30(37(57)58)18-20-34(51)52/h13-16,24,28-30H,1-12,17-23H2,(H,40,48)(H,41,49)(H,42,50)(H,51,52)(H,53,54)(H,55,56)(H,57,58)(H2,43,44,59)/t28?,29-,30-/m0/s1. The minimum Gasteiger partial charge on any atom is -0.481 e. The zero-order chi connectivity index (χ0) is 43.6. The number of aryl methyl sites for hydroxylation is 1. The number of nitrogens with one attached hydrogen (secondary N) is 5. The highest BCUT2D eigenvalue weighted by Crippen LogP contribution is 2.09. The van der Waals surface area contributed by atoms with Gasteiger partial charge in [0.1, 0.15) is 23.9 Å². The van der Waals surface area contributed by atoms with Crippen LogP contribution in [-0.2, 0) is 46.5 Å². The fourth-order valence-electron chi connectivity index (χ4n) is 5.72. The number of carbonyl (C=O) groups excluding carboxylic acids is 4. The molecule has 0 saturated heterocycles. The zero-order valence-electron chi connectivity index (χ0n) is 32.8. The number of urea groups is 1. The number of carboxylic acids is 4. The summed E-state index contributed by atoms with van der Waals surface area (Å²) in [5.74, 6) is -6.30. The Labute approximate surface area is 340 Å². The molecule has 20 nitrogen and oxygen atoms in total.